The first kappa shape index (κ1) is 21.8. The molecule has 150 valence electrons. The molecule has 1 aromatic carbocycles. The van der Waals surface area contributed by atoms with Crippen molar-refractivity contribution in [3.05, 3.63) is 47.7 Å². The molecule has 5 heteroatoms. The molecule has 0 aliphatic carbocycles. The Balaban J connectivity index is 1.75. The SMILES string of the molecule is CCOC(=O)CCCC(=O)CCC/C=C/c1ccc2ccc([C@@H](C)O)nc2c1. The molecule has 1 heterocycles. The summed E-state index contributed by atoms with van der Waals surface area (Å²) in [7, 11) is 0. The number of fused-ring (bicyclic) bond motifs is 1. The minimum absolute atomic E-state index is 0.193. The predicted octanol–water partition coefficient (Wildman–Crippen LogP) is 4.77. The highest BCUT2D eigenvalue weighted by Crippen LogP contribution is 2.19. The molecular weight excluding hydrogens is 354 g/mol. The summed E-state index contributed by atoms with van der Waals surface area (Å²) in [5.74, 6) is -0.0399. The molecule has 1 N–H and O–H groups in total. The number of rotatable bonds is 11. The van der Waals surface area contributed by atoms with Crippen molar-refractivity contribution in [3.8, 4) is 0 Å². The minimum Gasteiger partial charge on any atom is -0.466 e. The normalized spacial score (nSPS) is 12.4. The topological polar surface area (TPSA) is 76.5 Å². The van der Waals surface area contributed by atoms with E-state index in [-0.39, 0.29) is 11.8 Å². The largest absolute Gasteiger partial charge is 0.466 e. The van der Waals surface area contributed by atoms with Crippen LogP contribution in [0.15, 0.2) is 36.4 Å². The van der Waals surface area contributed by atoms with Crippen molar-refractivity contribution in [2.75, 3.05) is 6.61 Å². The first-order chi connectivity index (χ1) is 13.5. The van der Waals surface area contributed by atoms with Crippen molar-refractivity contribution in [1.29, 1.82) is 0 Å². The average molecular weight is 383 g/mol. The van der Waals surface area contributed by atoms with Gasteiger partial charge in [0.05, 0.1) is 23.9 Å². The number of ketones is 1. The van der Waals surface area contributed by atoms with Gasteiger partial charge in [-0.25, -0.2) is 0 Å². The maximum absolute atomic E-state index is 11.8. The van der Waals surface area contributed by atoms with E-state index in [4.69, 9.17) is 4.74 Å². The maximum atomic E-state index is 11.8. The van der Waals surface area contributed by atoms with E-state index < -0.39 is 6.10 Å². The number of aliphatic hydroxyl groups excluding tert-OH is 1. The van der Waals surface area contributed by atoms with Crippen molar-refractivity contribution >= 4 is 28.7 Å². The molecule has 0 bridgehead atoms. The molecule has 5 nitrogen and oxygen atoms in total. The van der Waals surface area contributed by atoms with Gasteiger partial charge in [-0.1, -0.05) is 30.4 Å². The van der Waals surface area contributed by atoms with Crippen LogP contribution >= 0.6 is 0 Å². The number of nitrogens with zero attached hydrogens (tertiary/aromatic N) is 1. The number of hydrogen-bond donors (Lipinski definition) is 1. The zero-order valence-electron chi connectivity index (χ0n) is 16.7. The Hall–Kier alpha value is -2.53. The van der Waals surface area contributed by atoms with Crippen LogP contribution < -0.4 is 0 Å². The lowest BCUT2D eigenvalue weighted by Gasteiger charge is -2.06. The molecule has 0 fully saturated rings. The Morgan fingerprint density at radius 2 is 1.89 bits per heavy atom. The van der Waals surface area contributed by atoms with Gasteiger partial charge in [0.2, 0.25) is 0 Å². The van der Waals surface area contributed by atoms with Crippen molar-refractivity contribution in [1.82, 2.24) is 4.98 Å². The van der Waals surface area contributed by atoms with E-state index in [0.717, 1.165) is 29.3 Å². The second-order valence-electron chi connectivity index (χ2n) is 6.86. The molecule has 2 aromatic rings. The Kier molecular flexibility index (Phi) is 8.82. The predicted molar refractivity (Wildman–Crippen MR) is 111 cm³/mol. The van der Waals surface area contributed by atoms with E-state index in [0.29, 0.717) is 38.0 Å². The minimum atomic E-state index is -0.585. The van der Waals surface area contributed by atoms with Crippen molar-refractivity contribution in [3.63, 3.8) is 0 Å². The summed E-state index contributed by atoms with van der Waals surface area (Å²) < 4.78 is 4.85. The third kappa shape index (κ3) is 7.24. The van der Waals surface area contributed by atoms with Crippen LogP contribution in [0.4, 0.5) is 0 Å². The first-order valence-corrected chi connectivity index (χ1v) is 9.92. The summed E-state index contributed by atoms with van der Waals surface area (Å²) in [6.45, 7) is 3.86. The quantitative estimate of drug-likeness (QED) is 0.447. The van der Waals surface area contributed by atoms with E-state index in [1.54, 1.807) is 13.8 Å². The van der Waals surface area contributed by atoms with Gasteiger partial charge in [-0.3, -0.25) is 14.6 Å². The van der Waals surface area contributed by atoms with Gasteiger partial charge < -0.3 is 9.84 Å². The molecule has 0 unspecified atom stereocenters. The highest BCUT2D eigenvalue weighted by atomic mass is 16.5. The fourth-order valence-corrected chi connectivity index (χ4v) is 2.91. The van der Waals surface area contributed by atoms with Crippen LogP contribution in [0.25, 0.3) is 17.0 Å². The number of aromatic nitrogens is 1. The number of benzene rings is 1. The maximum Gasteiger partial charge on any atom is 0.305 e. The molecule has 0 spiro atoms. The summed E-state index contributed by atoms with van der Waals surface area (Å²) >= 11 is 0. The Labute approximate surface area is 166 Å². The van der Waals surface area contributed by atoms with E-state index in [9.17, 15) is 14.7 Å². The van der Waals surface area contributed by atoms with Gasteiger partial charge in [-0.2, -0.15) is 0 Å². The van der Waals surface area contributed by atoms with Crippen LogP contribution in [0.5, 0.6) is 0 Å². The van der Waals surface area contributed by atoms with Crippen LogP contribution in [0, 0.1) is 0 Å². The first-order valence-electron chi connectivity index (χ1n) is 9.92. The lowest BCUT2D eigenvalue weighted by Crippen LogP contribution is -2.05. The molecule has 0 saturated heterocycles. The summed E-state index contributed by atoms with van der Waals surface area (Å²) in [4.78, 5) is 27.6. The second kappa shape index (κ2) is 11.3. The number of carbonyl (C=O) groups excluding carboxylic acids is 2. The summed E-state index contributed by atoms with van der Waals surface area (Å²) in [5.41, 5.74) is 2.57. The molecule has 0 aliphatic heterocycles. The number of aliphatic hydroxyl groups is 1. The third-order valence-corrected chi connectivity index (χ3v) is 4.44. The standard InChI is InChI=1S/C23H29NO4/c1-3-28-23(27)11-7-10-20(26)9-6-4-5-8-18-12-13-19-14-15-21(17(2)25)24-22(19)16-18/h5,8,12-17,25H,3-4,6-7,9-11H2,1-2H3/b8-5+/t17-/m1/s1. The summed E-state index contributed by atoms with van der Waals surface area (Å²) in [6, 6.07) is 9.85. The van der Waals surface area contributed by atoms with E-state index in [2.05, 4.69) is 11.1 Å². The van der Waals surface area contributed by atoms with Gasteiger partial charge in [-0.15, -0.1) is 0 Å². The molecular formula is C23H29NO4. The Morgan fingerprint density at radius 1 is 1.14 bits per heavy atom. The molecule has 0 radical (unpaired) electrons. The fraction of sp³-hybridized carbons (Fsp3) is 0.435. The van der Waals surface area contributed by atoms with Crippen LogP contribution in [-0.2, 0) is 14.3 Å². The average Bonchev–Trinajstić information content (AvgIpc) is 2.67. The van der Waals surface area contributed by atoms with E-state index in [1.807, 2.05) is 36.4 Å². The molecule has 1 atom stereocenters. The molecule has 2 rings (SSSR count). The summed E-state index contributed by atoms with van der Waals surface area (Å²) in [6.07, 6.45) is 6.97. The number of Topliss-reactive ketones (excluding diaryl/α,β-unsaturated/α-hetero) is 1. The lowest BCUT2D eigenvalue weighted by atomic mass is 10.1. The van der Waals surface area contributed by atoms with Crippen LogP contribution in [0.1, 0.15) is 69.7 Å². The van der Waals surface area contributed by atoms with Crippen LogP contribution in [0.2, 0.25) is 0 Å². The van der Waals surface area contributed by atoms with Crippen molar-refractivity contribution in [2.24, 2.45) is 0 Å². The second-order valence-corrected chi connectivity index (χ2v) is 6.86. The van der Waals surface area contributed by atoms with Crippen molar-refractivity contribution < 1.29 is 19.4 Å². The molecule has 28 heavy (non-hydrogen) atoms. The van der Waals surface area contributed by atoms with Crippen LogP contribution in [-0.4, -0.2) is 28.4 Å². The number of unbranched alkanes of at least 4 members (excludes halogenated alkanes) is 1. The van der Waals surface area contributed by atoms with Gasteiger partial charge in [0.1, 0.15) is 5.78 Å². The molecule has 1 aromatic heterocycles. The van der Waals surface area contributed by atoms with E-state index in [1.165, 1.54) is 0 Å². The fourth-order valence-electron chi connectivity index (χ4n) is 2.91. The number of pyridine rings is 1. The van der Waals surface area contributed by atoms with Gasteiger partial charge in [-0.05, 0) is 50.8 Å². The third-order valence-electron chi connectivity index (χ3n) is 4.44. The number of carbonyl (C=O) groups is 2. The zero-order chi connectivity index (χ0) is 20.4. The van der Waals surface area contributed by atoms with E-state index >= 15 is 0 Å². The zero-order valence-corrected chi connectivity index (χ0v) is 16.7. The molecule has 0 amide bonds. The van der Waals surface area contributed by atoms with Gasteiger partial charge in [0, 0.05) is 24.6 Å². The highest BCUT2D eigenvalue weighted by molar-refractivity contribution is 5.81. The highest BCUT2D eigenvalue weighted by Gasteiger charge is 2.06. The Morgan fingerprint density at radius 3 is 2.64 bits per heavy atom. The van der Waals surface area contributed by atoms with Gasteiger partial charge in [0.25, 0.3) is 0 Å². The number of esters is 1. The lowest BCUT2D eigenvalue weighted by molar-refractivity contribution is -0.143. The molecule has 0 aliphatic rings. The van der Waals surface area contributed by atoms with Gasteiger partial charge in [0.15, 0.2) is 0 Å². The number of hydrogen-bond acceptors (Lipinski definition) is 5. The Bertz CT molecular complexity index is 826. The molecule has 0 saturated carbocycles. The smallest absolute Gasteiger partial charge is 0.305 e. The van der Waals surface area contributed by atoms with Crippen molar-refractivity contribution in [2.45, 2.75) is 58.5 Å². The monoisotopic (exact) mass is 383 g/mol. The number of ether oxygens (including phenoxy) is 1. The number of allylic oxidation sites excluding steroid dienone is 1. The van der Waals surface area contributed by atoms with Gasteiger partial charge >= 0.3 is 5.97 Å². The van der Waals surface area contributed by atoms with Crippen LogP contribution in [0.3, 0.4) is 0 Å². The summed E-state index contributed by atoms with van der Waals surface area (Å²) in [5, 5.41) is 10.7.